The van der Waals surface area contributed by atoms with Gasteiger partial charge in [-0.15, -0.1) is 0 Å². The van der Waals surface area contributed by atoms with Crippen LogP contribution in [0.25, 0.3) is 16.8 Å². The van der Waals surface area contributed by atoms with Crippen LogP contribution >= 0.6 is 0 Å². The molecule has 0 aromatic heterocycles. The molecule has 234 valence electrons. The van der Waals surface area contributed by atoms with Crippen LogP contribution in [0.3, 0.4) is 0 Å². The van der Waals surface area contributed by atoms with Crippen molar-refractivity contribution in [3.8, 4) is 5.75 Å². The first-order chi connectivity index (χ1) is 21.6. The van der Waals surface area contributed by atoms with Crippen molar-refractivity contribution in [3.63, 3.8) is 0 Å². The minimum Gasteiger partial charge on any atom is -0.493 e. The number of sulfonamides is 1. The first-order valence-corrected chi connectivity index (χ1v) is 16.0. The fourth-order valence-electron chi connectivity index (χ4n) is 5.13. The lowest BCUT2D eigenvalue weighted by Gasteiger charge is -2.34. The van der Waals surface area contributed by atoms with E-state index in [0.29, 0.717) is 56.1 Å². The van der Waals surface area contributed by atoms with E-state index in [4.69, 9.17) is 4.74 Å². The Morgan fingerprint density at radius 2 is 1.60 bits per heavy atom. The first-order valence-electron chi connectivity index (χ1n) is 14.5. The van der Waals surface area contributed by atoms with Crippen molar-refractivity contribution >= 4 is 38.7 Å². The van der Waals surface area contributed by atoms with Gasteiger partial charge in [-0.3, -0.25) is 14.5 Å². The number of rotatable bonds is 10. The van der Waals surface area contributed by atoms with Gasteiger partial charge in [-0.1, -0.05) is 54.6 Å². The lowest BCUT2D eigenvalue weighted by Crippen LogP contribution is -2.47. The molecule has 1 aliphatic rings. The molecular weight excluding hydrogens is 600 g/mol. The number of nitrogens with zero attached hydrogens (tertiary/aromatic N) is 2. The summed E-state index contributed by atoms with van der Waals surface area (Å²) in [6, 6.07) is 22.0. The fraction of sp³-hybridized carbons (Fsp3) is 0.235. The molecule has 0 radical (unpaired) electrons. The van der Waals surface area contributed by atoms with E-state index in [1.807, 2.05) is 33.9 Å². The van der Waals surface area contributed by atoms with Gasteiger partial charge in [-0.25, -0.2) is 21.9 Å². The molecular formula is C34H33F2N3O5S. The average Bonchev–Trinajstić information content (AvgIpc) is 3.02. The zero-order valence-corrected chi connectivity index (χ0v) is 25.5. The van der Waals surface area contributed by atoms with Crippen LogP contribution in [-0.2, 0) is 32.6 Å². The van der Waals surface area contributed by atoms with Crippen LogP contribution in [0.5, 0.6) is 5.75 Å². The molecule has 0 aliphatic carbocycles. The Labute approximate surface area is 261 Å². The van der Waals surface area contributed by atoms with Crippen molar-refractivity contribution in [3.05, 3.63) is 113 Å². The van der Waals surface area contributed by atoms with E-state index in [2.05, 4.69) is 35.2 Å². The number of carbonyl (C=O) groups excluding carboxylic acids is 2. The molecule has 4 aromatic rings. The Morgan fingerprint density at radius 3 is 2.33 bits per heavy atom. The van der Waals surface area contributed by atoms with Gasteiger partial charge in [0.05, 0.1) is 11.5 Å². The molecule has 0 spiro atoms. The number of ether oxygens (including phenoxy) is 1. The summed E-state index contributed by atoms with van der Waals surface area (Å²) < 4.78 is 59.9. The van der Waals surface area contributed by atoms with Crippen molar-refractivity contribution in [1.82, 2.24) is 14.5 Å². The van der Waals surface area contributed by atoms with Crippen molar-refractivity contribution in [2.24, 2.45) is 0 Å². The molecule has 8 nitrogen and oxygen atoms in total. The Bertz CT molecular complexity index is 1850. The van der Waals surface area contributed by atoms with Gasteiger partial charge in [0.2, 0.25) is 5.91 Å². The highest BCUT2D eigenvalue weighted by Crippen LogP contribution is 2.25. The Hall–Kier alpha value is -4.61. The smallest absolute Gasteiger partial charge is 0.264 e. The highest BCUT2D eigenvalue weighted by molar-refractivity contribution is 7.90. The molecule has 0 atom stereocenters. The topological polar surface area (TPSA) is 96.0 Å². The van der Waals surface area contributed by atoms with Crippen LogP contribution in [-0.4, -0.2) is 62.8 Å². The zero-order chi connectivity index (χ0) is 32.0. The molecule has 0 unspecified atom stereocenters. The third-order valence-electron chi connectivity index (χ3n) is 7.61. The summed E-state index contributed by atoms with van der Waals surface area (Å²) in [4.78, 5) is 27.7. The Balaban J connectivity index is 1.30. The monoisotopic (exact) mass is 633 g/mol. The van der Waals surface area contributed by atoms with Gasteiger partial charge in [0, 0.05) is 57.7 Å². The third kappa shape index (κ3) is 8.31. The second-order valence-corrected chi connectivity index (χ2v) is 12.5. The normalized spacial score (nSPS) is 14.2. The SMILES string of the molecule is CC(=O)N1CCN(Cc2ccc(C=CC(=O)NS(=O)(=O)c3ccc(F)c(F)c3)c(OCCc3ccc4ccccc4c3)c2)CC1. The number of hydrogen-bond donors (Lipinski definition) is 1. The van der Waals surface area contributed by atoms with E-state index in [1.165, 1.54) is 6.08 Å². The number of amides is 2. The minimum atomic E-state index is -4.43. The van der Waals surface area contributed by atoms with Gasteiger partial charge in [0.1, 0.15) is 5.75 Å². The standard InChI is InChI=1S/C34H33F2N3O5S/c1-24(40)39-17-15-38(16-18-39)23-26-7-9-28(10-13-34(41)37-45(42,43)30-11-12-31(35)32(36)22-30)33(21-26)44-19-14-25-6-8-27-4-2-3-5-29(27)20-25/h2-13,20-22H,14-19,23H2,1H3,(H,37,41). The van der Waals surface area contributed by atoms with E-state index in [0.717, 1.165) is 47.1 Å². The summed E-state index contributed by atoms with van der Waals surface area (Å²) in [5.41, 5.74) is 2.64. The van der Waals surface area contributed by atoms with E-state index >= 15 is 0 Å². The molecule has 0 bridgehead atoms. The minimum absolute atomic E-state index is 0.0644. The number of benzene rings is 4. The van der Waals surface area contributed by atoms with E-state index in [9.17, 15) is 26.8 Å². The molecule has 0 saturated carbocycles. The second kappa shape index (κ2) is 14.0. The highest BCUT2D eigenvalue weighted by Gasteiger charge is 2.20. The van der Waals surface area contributed by atoms with Crippen LogP contribution in [0.1, 0.15) is 23.6 Å². The number of hydrogen-bond acceptors (Lipinski definition) is 6. The molecule has 1 aliphatic heterocycles. The van der Waals surface area contributed by atoms with Crippen LogP contribution in [0, 0.1) is 11.6 Å². The molecule has 4 aromatic carbocycles. The molecule has 11 heteroatoms. The summed E-state index contributed by atoms with van der Waals surface area (Å²) >= 11 is 0. The maximum atomic E-state index is 13.6. The highest BCUT2D eigenvalue weighted by atomic mass is 32.2. The molecule has 1 N–H and O–H groups in total. The number of piperazine rings is 1. The van der Waals surface area contributed by atoms with Gasteiger partial charge >= 0.3 is 0 Å². The predicted molar refractivity (Wildman–Crippen MR) is 168 cm³/mol. The summed E-state index contributed by atoms with van der Waals surface area (Å²) in [5.74, 6) is -2.92. The molecule has 1 heterocycles. The van der Waals surface area contributed by atoms with E-state index in [-0.39, 0.29) is 5.91 Å². The zero-order valence-electron chi connectivity index (χ0n) is 24.7. The second-order valence-electron chi connectivity index (χ2n) is 10.8. The maximum absolute atomic E-state index is 13.6. The molecule has 1 fully saturated rings. The van der Waals surface area contributed by atoms with Gasteiger partial charge in [-0.05, 0) is 52.2 Å². The van der Waals surface area contributed by atoms with Crippen molar-refractivity contribution in [1.29, 1.82) is 0 Å². The van der Waals surface area contributed by atoms with Gasteiger partial charge in [-0.2, -0.15) is 0 Å². The molecule has 2 amide bonds. The summed E-state index contributed by atoms with van der Waals surface area (Å²) in [7, 11) is -4.43. The quantitative estimate of drug-likeness (QED) is 0.249. The molecule has 1 saturated heterocycles. The summed E-state index contributed by atoms with van der Waals surface area (Å²) in [6.07, 6.45) is 3.12. The summed E-state index contributed by atoms with van der Waals surface area (Å²) in [5, 5.41) is 2.28. The number of halogens is 2. The third-order valence-corrected chi connectivity index (χ3v) is 8.96. The number of nitrogens with one attached hydrogen (secondary N) is 1. The molecule has 5 rings (SSSR count). The first kappa shape index (κ1) is 31.8. The number of fused-ring (bicyclic) bond motifs is 1. The van der Waals surface area contributed by atoms with Crippen LogP contribution < -0.4 is 9.46 Å². The predicted octanol–water partition coefficient (Wildman–Crippen LogP) is 4.92. The van der Waals surface area contributed by atoms with Crippen LogP contribution in [0.15, 0.2) is 89.8 Å². The van der Waals surface area contributed by atoms with Crippen LogP contribution in [0.4, 0.5) is 8.78 Å². The van der Waals surface area contributed by atoms with Crippen molar-refractivity contribution < 1.29 is 31.5 Å². The fourth-order valence-corrected chi connectivity index (χ4v) is 6.08. The Kier molecular flexibility index (Phi) is 9.90. The average molecular weight is 634 g/mol. The molecule has 45 heavy (non-hydrogen) atoms. The largest absolute Gasteiger partial charge is 0.493 e. The number of carbonyl (C=O) groups is 2. The lowest BCUT2D eigenvalue weighted by atomic mass is 10.1. The van der Waals surface area contributed by atoms with Crippen molar-refractivity contribution in [2.45, 2.75) is 24.8 Å². The van der Waals surface area contributed by atoms with Gasteiger partial charge < -0.3 is 9.64 Å². The maximum Gasteiger partial charge on any atom is 0.264 e. The van der Waals surface area contributed by atoms with Crippen LogP contribution in [0.2, 0.25) is 0 Å². The van der Waals surface area contributed by atoms with Gasteiger partial charge in [0.15, 0.2) is 11.6 Å². The van der Waals surface area contributed by atoms with Gasteiger partial charge in [0.25, 0.3) is 15.9 Å². The Morgan fingerprint density at radius 1 is 0.867 bits per heavy atom. The lowest BCUT2D eigenvalue weighted by molar-refractivity contribution is -0.130. The van der Waals surface area contributed by atoms with Crippen molar-refractivity contribution in [2.75, 3.05) is 32.8 Å². The van der Waals surface area contributed by atoms with E-state index < -0.39 is 32.5 Å². The van der Waals surface area contributed by atoms with E-state index in [1.54, 1.807) is 13.0 Å². The summed E-state index contributed by atoms with van der Waals surface area (Å²) in [6.45, 7) is 5.38.